The number of carbonyl (C=O) groups is 1. The minimum absolute atomic E-state index is 0.253. The molecule has 4 nitrogen and oxygen atoms in total. The molecular formula is C27H32ClN3O. The number of piperidine rings is 1. The summed E-state index contributed by atoms with van der Waals surface area (Å²) in [5, 5.41) is 4.33. The topological polar surface area (TPSA) is 68.0 Å². The van der Waals surface area contributed by atoms with Crippen LogP contribution in [0.5, 0.6) is 0 Å². The van der Waals surface area contributed by atoms with Gasteiger partial charge in [-0.25, -0.2) is 4.98 Å². The predicted molar refractivity (Wildman–Crippen MR) is 133 cm³/mol. The van der Waals surface area contributed by atoms with Crippen molar-refractivity contribution in [3.8, 4) is 0 Å². The number of aromatic nitrogens is 1. The highest BCUT2D eigenvalue weighted by Crippen LogP contribution is 2.42. The molecule has 2 aliphatic rings. The zero-order valence-electron chi connectivity index (χ0n) is 18.7. The van der Waals surface area contributed by atoms with Crippen LogP contribution in [0.3, 0.4) is 0 Å². The SMILES string of the molecule is CC(=O)CCCC1=C(c2ccc(C3CNCCC3c3cccnc3N)c(Cl)c2)C=CCC1. The van der Waals surface area contributed by atoms with E-state index in [4.69, 9.17) is 17.3 Å². The van der Waals surface area contributed by atoms with Gasteiger partial charge in [0.05, 0.1) is 0 Å². The molecular weight excluding hydrogens is 418 g/mol. The highest BCUT2D eigenvalue weighted by Gasteiger charge is 2.30. The van der Waals surface area contributed by atoms with Gasteiger partial charge in [-0.15, -0.1) is 0 Å². The molecule has 1 aliphatic carbocycles. The first-order chi connectivity index (χ1) is 15.5. The number of pyridine rings is 1. The van der Waals surface area contributed by atoms with E-state index in [1.165, 1.54) is 11.1 Å². The fraction of sp³-hybridized carbons (Fsp3) is 0.407. The summed E-state index contributed by atoms with van der Waals surface area (Å²) < 4.78 is 0. The van der Waals surface area contributed by atoms with Crippen LogP contribution in [-0.4, -0.2) is 23.9 Å². The van der Waals surface area contributed by atoms with E-state index in [9.17, 15) is 4.79 Å². The number of nitrogens with zero attached hydrogens (tertiary/aromatic N) is 1. The first-order valence-corrected chi connectivity index (χ1v) is 12.0. The number of rotatable bonds is 7. The van der Waals surface area contributed by atoms with Gasteiger partial charge >= 0.3 is 0 Å². The minimum atomic E-state index is 0.253. The lowest BCUT2D eigenvalue weighted by atomic mass is 9.77. The molecule has 2 aromatic rings. The summed E-state index contributed by atoms with van der Waals surface area (Å²) in [7, 11) is 0. The predicted octanol–water partition coefficient (Wildman–Crippen LogP) is 6.04. The van der Waals surface area contributed by atoms with Gasteiger partial charge in [0.25, 0.3) is 0 Å². The molecule has 0 spiro atoms. The summed E-state index contributed by atoms with van der Waals surface area (Å²) >= 11 is 6.90. The maximum atomic E-state index is 11.4. The average molecular weight is 450 g/mol. The number of nitrogen functional groups attached to an aromatic ring is 1. The van der Waals surface area contributed by atoms with Gasteiger partial charge < -0.3 is 15.8 Å². The van der Waals surface area contributed by atoms with Gasteiger partial charge in [0.2, 0.25) is 0 Å². The maximum absolute atomic E-state index is 11.4. The number of halogens is 1. The Morgan fingerprint density at radius 1 is 1.25 bits per heavy atom. The van der Waals surface area contributed by atoms with Crippen molar-refractivity contribution in [1.82, 2.24) is 10.3 Å². The Kier molecular flexibility index (Phi) is 7.44. The van der Waals surface area contributed by atoms with Crippen molar-refractivity contribution in [1.29, 1.82) is 0 Å². The lowest BCUT2D eigenvalue weighted by Crippen LogP contribution is -2.34. The highest BCUT2D eigenvalue weighted by atomic mass is 35.5. The first-order valence-electron chi connectivity index (χ1n) is 11.6. The van der Waals surface area contributed by atoms with Crippen molar-refractivity contribution >= 4 is 28.8 Å². The van der Waals surface area contributed by atoms with Gasteiger partial charge in [-0.2, -0.15) is 0 Å². The minimum Gasteiger partial charge on any atom is -0.383 e. The molecule has 0 radical (unpaired) electrons. The van der Waals surface area contributed by atoms with E-state index in [-0.39, 0.29) is 11.7 Å². The van der Waals surface area contributed by atoms with E-state index < -0.39 is 0 Å². The van der Waals surface area contributed by atoms with E-state index in [0.29, 0.717) is 18.2 Å². The van der Waals surface area contributed by atoms with Crippen LogP contribution in [-0.2, 0) is 4.79 Å². The van der Waals surface area contributed by atoms with Crippen molar-refractivity contribution in [2.45, 2.75) is 57.3 Å². The van der Waals surface area contributed by atoms with E-state index in [1.807, 2.05) is 6.07 Å². The standard InChI is InChI=1S/C27H32ClN3O/c1-18(32)6-4-8-19-7-2-3-9-21(19)20-11-12-23(26(28)16-20)25-17-30-15-13-22(25)24-10-5-14-31-27(24)29/h3,5,9-12,14,16,22,25,30H,2,4,6-8,13,15,17H2,1H3,(H2,29,31). The number of Topliss-reactive ketones (excluding diaryl/α,β-unsaturated/α-hetero) is 1. The molecule has 1 aliphatic heterocycles. The van der Waals surface area contributed by atoms with Crippen LogP contribution in [0.4, 0.5) is 5.82 Å². The van der Waals surface area contributed by atoms with Gasteiger partial charge in [0.1, 0.15) is 11.6 Å². The summed E-state index contributed by atoms with van der Waals surface area (Å²) in [4.78, 5) is 15.7. The van der Waals surface area contributed by atoms with Crippen molar-refractivity contribution in [3.05, 3.63) is 76.0 Å². The van der Waals surface area contributed by atoms with Crippen molar-refractivity contribution in [3.63, 3.8) is 0 Å². The molecule has 2 heterocycles. The Morgan fingerprint density at radius 3 is 2.91 bits per heavy atom. The number of allylic oxidation sites excluding steroid dienone is 4. The molecule has 1 fully saturated rings. The Balaban J connectivity index is 1.62. The zero-order chi connectivity index (χ0) is 22.5. The third kappa shape index (κ3) is 5.13. The van der Waals surface area contributed by atoms with Gasteiger partial charge in [-0.05, 0) is 85.9 Å². The Hall–Kier alpha value is -2.43. The molecule has 1 aromatic carbocycles. The second kappa shape index (κ2) is 10.5. The molecule has 0 bridgehead atoms. The van der Waals surface area contributed by atoms with Gasteiger partial charge in [0, 0.05) is 30.1 Å². The largest absolute Gasteiger partial charge is 0.383 e. The smallest absolute Gasteiger partial charge is 0.129 e. The fourth-order valence-corrected chi connectivity index (χ4v) is 5.44. The van der Waals surface area contributed by atoms with Crippen molar-refractivity contribution in [2.75, 3.05) is 18.8 Å². The van der Waals surface area contributed by atoms with E-state index in [0.717, 1.165) is 66.9 Å². The molecule has 2 atom stereocenters. The van der Waals surface area contributed by atoms with Gasteiger partial charge in [-0.3, -0.25) is 0 Å². The number of anilines is 1. The van der Waals surface area contributed by atoms with Crippen LogP contribution >= 0.6 is 11.6 Å². The normalized spacial score (nSPS) is 21.1. The highest BCUT2D eigenvalue weighted by molar-refractivity contribution is 6.31. The lowest BCUT2D eigenvalue weighted by Gasteiger charge is -2.34. The van der Waals surface area contributed by atoms with E-state index in [1.54, 1.807) is 13.1 Å². The van der Waals surface area contributed by atoms with Crippen LogP contribution in [0, 0.1) is 0 Å². The third-order valence-corrected chi connectivity index (χ3v) is 7.08. The zero-order valence-corrected chi connectivity index (χ0v) is 19.5. The molecule has 2 unspecified atom stereocenters. The third-order valence-electron chi connectivity index (χ3n) is 6.75. The number of nitrogens with one attached hydrogen (secondary N) is 1. The number of benzene rings is 1. The Labute approximate surface area is 196 Å². The Morgan fingerprint density at radius 2 is 2.12 bits per heavy atom. The molecule has 1 saturated heterocycles. The number of carbonyl (C=O) groups excluding carboxylic acids is 1. The molecule has 0 saturated carbocycles. The summed E-state index contributed by atoms with van der Waals surface area (Å²) in [6.45, 7) is 3.50. The average Bonchev–Trinajstić information content (AvgIpc) is 2.80. The second-order valence-corrected chi connectivity index (χ2v) is 9.34. The molecule has 0 amide bonds. The van der Waals surface area contributed by atoms with Crippen LogP contribution in [0.15, 0.2) is 54.3 Å². The van der Waals surface area contributed by atoms with Crippen molar-refractivity contribution in [2.24, 2.45) is 0 Å². The molecule has 3 N–H and O–H groups in total. The molecule has 4 rings (SSSR count). The maximum Gasteiger partial charge on any atom is 0.129 e. The van der Waals surface area contributed by atoms with Crippen molar-refractivity contribution < 1.29 is 4.79 Å². The second-order valence-electron chi connectivity index (χ2n) is 8.93. The van der Waals surface area contributed by atoms with Crippen LogP contribution in [0.1, 0.15) is 74.0 Å². The van der Waals surface area contributed by atoms with Crippen LogP contribution in [0.2, 0.25) is 5.02 Å². The Bertz CT molecular complexity index is 1040. The van der Waals surface area contributed by atoms with E-state index in [2.05, 4.69) is 46.7 Å². The lowest BCUT2D eigenvalue weighted by molar-refractivity contribution is -0.117. The van der Waals surface area contributed by atoms with Gasteiger partial charge in [-0.1, -0.05) is 47.5 Å². The fourth-order valence-electron chi connectivity index (χ4n) is 5.12. The molecule has 168 valence electrons. The molecule has 32 heavy (non-hydrogen) atoms. The molecule has 1 aromatic heterocycles. The van der Waals surface area contributed by atoms with Crippen LogP contribution in [0.25, 0.3) is 5.57 Å². The summed E-state index contributed by atoms with van der Waals surface area (Å²) in [5.41, 5.74) is 12.4. The van der Waals surface area contributed by atoms with Gasteiger partial charge in [0.15, 0.2) is 0 Å². The summed E-state index contributed by atoms with van der Waals surface area (Å²) in [6.07, 6.45) is 11.8. The summed E-state index contributed by atoms with van der Waals surface area (Å²) in [5.74, 6) is 1.42. The summed E-state index contributed by atoms with van der Waals surface area (Å²) in [6, 6.07) is 10.6. The number of hydrogen-bond acceptors (Lipinski definition) is 4. The quantitative estimate of drug-likeness (QED) is 0.540. The molecule has 5 heteroatoms. The number of nitrogens with two attached hydrogens (primary N) is 1. The van der Waals surface area contributed by atoms with E-state index >= 15 is 0 Å². The number of hydrogen-bond donors (Lipinski definition) is 2. The number of ketones is 1. The monoisotopic (exact) mass is 449 g/mol. The van der Waals surface area contributed by atoms with Crippen LogP contribution < -0.4 is 11.1 Å². The first kappa shape index (κ1) is 22.8.